The van der Waals surface area contributed by atoms with Crippen molar-refractivity contribution in [2.24, 2.45) is 5.73 Å². The van der Waals surface area contributed by atoms with Gasteiger partial charge in [-0.25, -0.2) is 4.98 Å². The van der Waals surface area contributed by atoms with Crippen molar-refractivity contribution in [2.75, 3.05) is 0 Å². The SMILES string of the molecule is [15NH2]C(=O)c1[15n][13cH][13cH][15nH]c1=O. The Bertz CT molecular complexity index is 304. The third kappa shape index (κ3) is 1.02. The van der Waals surface area contributed by atoms with Crippen LogP contribution in [0.2, 0.25) is 0 Å². The number of H-pyrrole nitrogens is 1. The quantitative estimate of drug-likeness (QED) is 0.488. The van der Waals surface area contributed by atoms with Gasteiger partial charge >= 0.3 is 0 Å². The highest BCUT2D eigenvalue weighted by atomic mass is 16.2. The standard InChI is InChI=1S/C5H5N3O2/c6-4(9)3-5(10)8-2-1-7-3/h1-2H,(H2,6,9)(H,8,10)/i1+1,2+1,6+1,7+1,8+1. The van der Waals surface area contributed by atoms with Gasteiger partial charge in [-0.2, -0.15) is 0 Å². The van der Waals surface area contributed by atoms with Gasteiger partial charge in [-0.1, -0.05) is 0 Å². The van der Waals surface area contributed by atoms with Crippen LogP contribution in [0.25, 0.3) is 0 Å². The first-order valence-electron chi connectivity index (χ1n) is 2.55. The number of nitrogens with one attached hydrogen (secondary N) is 1. The number of nitrogens with two attached hydrogens (primary N) is 1. The van der Waals surface area contributed by atoms with Crippen molar-refractivity contribution in [1.29, 1.82) is 0 Å². The molecule has 0 unspecified atom stereocenters. The van der Waals surface area contributed by atoms with Gasteiger partial charge in [-0.15, -0.1) is 0 Å². The van der Waals surface area contributed by atoms with E-state index in [2.05, 4.69) is 9.97 Å². The Hall–Kier alpha value is -1.65. The lowest BCUT2D eigenvalue weighted by atomic mass is 10.5. The van der Waals surface area contributed by atoms with Crippen LogP contribution in [0.4, 0.5) is 0 Å². The van der Waals surface area contributed by atoms with Crippen molar-refractivity contribution >= 4 is 5.91 Å². The van der Waals surface area contributed by atoms with E-state index in [1.54, 1.807) is 0 Å². The molecule has 0 aliphatic rings. The van der Waals surface area contributed by atoms with Crippen molar-refractivity contribution in [3.8, 4) is 0 Å². The topological polar surface area (TPSA) is 88.8 Å². The molecule has 1 rings (SSSR count). The van der Waals surface area contributed by atoms with Crippen LogP contribution in [-0.2, 0) is 0 Å². The van der Waals surface area contributed by atoms with E-state index < -0.39 is 11.5 Å². The van der Waals surface area contributed by atoms with Crippen molar-refractivity contribution in [3.05, 3.63) is 28.4 Å². The molecule has 5 nitrogen and oxygen atoms in total. The van der Waals surface area contributed by atoms with Gasteiger partial charge < -0.3 is 10.7 Å². The summed E-state index contributed by atoms with van der Waals surface area (Å²) in [6.07, 6.45) is 2.62. The molecule has 0 saturated carbocycles. The molecule has 10 heavy (non-hydrogen) atoms. The van der Waals surface area contributed by atoms with Crippen LogP contribution >= 0.6 is 0 Å². The maximum Gasteiger partial charge on any atom is 0.279 e. The first kappa shape index (κ1) is 6.47. The summed E-state index contributed by atoms with van der Waals surface area (Å²) >= 11 is 0. The van der Waals surface area contributed by atoms with Gasteiger partial charge in [0.1, 0.15) is 0 Å². The normalized spacial score (nSPS) is 9.20. The predicted molar refractivity (Wildman–Crippen MR) is 33.4 cm³/mol. The van der Waals surface area contributed by atoms with Gasteiger partial charge in [0.2, 0.25) is 0 Å². The van der Waals surface area contributed by atoms with Gasteiger partial charge in [-0.05, 0) is 0 Å². The van der Waals surface area contributed by atoms with E-state index in [-0.39, 0.29) is 5.69 Å². The van der Waals surface area contributed by atoms with Crippen LogP contribution in [0, 0.1) is 0 Å². The first-order valence-corrected chi connectivity index (χ1v) is 2.55. The van der Waals surface area contributed by atoms with Crippen LogP contribution < -0.4 is 11.3 Å². The maximum atomic E-state index is 10.6. The molecule has 0 saturated heterocycles. The Morgan fingerprint density at radius 2 is 2.40 bits per heavy atom. The highest BCUT2D eigenvalue weighted by Gasteiger charge is 2.04. The smallest absolute Gasteiger partial charge is 0.279 e. The Kier molecular flexibility index (Phi) is 1.49. The molecule has 0 fully saturated rings. The van der Waals surface area contributed by atoms with E-state index in [9.17, 15) is 9.59 Å². The van der Waals surface area contributed by atoms with E-state index >= 15 is 0 Å². The molecule has 0 bridgehead atoms. The lowest BCUT2D eigenvalue weighted by Gasteiger charge is -1.88. The molecular formula is C5H5N3O2. The van der Waals surface area contributed by atoms with Crippen LogP contribution in [0.5, 0.6) is 0 Å². The molecule has 5 heteroatoms. The molecule has 1 heterocycles. The molecule has 3 N–H and O–H groups in total. The number of carbonyl (C=O) groups excluding carboxylic acids is 1. The van der Waals surface area contributed by atoms with E-state index in [0.29, 0.717) is 0 Å². The zero-order valence-corrected chi connectivity index (χ0v) is 5.00. The fourth-order valence-electron chi connectivity index (χ4n) is 0.527. The van der Waals surface area contributed by atoms with E-state index in [4.69, 9.17) is 5.73 Å². The minimum absolute atomic E-state index is 0.262. The Balaban J connectivity index is 3.29. The maximum absolute atomic E-state index is 10.6. The lowest BCUT2D eigenvalue weighted by Crippen LogP contribution is -2.24. The van der Waals surface area contributed by atoms with Crippen LogP contribution in [0.1, 0.15) is 10.5 Å². The summed E-state index contributed by atoms with van der Waals surface area (Å²) in [6.45, 7) is 0. The van der Waals surface area contributed by atoms with E-state index in [0.717, 1.165) is 0 Å². The minimum atomic E-state index is -0.818. The van der Waals surface area contributed by atoms with Crippen LogP contribution in [0.3, 0.4) is 0 Å². The van der Waals surface area contributed by atoms with E-state index in [1.165, 1.54) is 12.4 Å². The number of carbonyl (C=O) groups is 1. The molecule has 1 aromatic heterocycles. The Labute approximate surface area is 55.9 Å². The average Bonchev–Trinajstić information content (AvgIpc) is 1.88. The van der Waals surface area contributed by atoms with Crippen molar-refractivity contribution < 1.29 is 4.79 Å². The largest absolute Gasteiger partial charge is 0.364 e. The second kappa shape index (κ2) is 2.30. The van der Waals surface area contributed by atoms with Gasteiger partial charge in [0.15, 0.2) is 5.69 Å². The summed E-state index contributed by atoms with van der Waals surface area (Å²) in [5, 5.41) is 0. The summed E-state index contributed by atoms with van der Waals surface area (Å²) < 4.78 is 0. The van der Waals surface area contributed by atoms with Crippen molar-refractivity contribution in [2.45, 2.75) is 0 Å². The number of rotatable bonds is 1. The van der Waals surface area contributed by atoms with Gasteiger partial charge in [0.25, 0.3) is 11.5 Å². The molecule has 0 radical (unpaired) electrons. The first-order chi connectivity index (χ1) is 4.72. The molecule has 1 aromatic rings. The molecule has 0 aliphatic heterocycles. The zero-order valence-electron chi connectivity index (χ0n) is 5.00. The number of primary amides is 1. The van der Waals surface area contributed by atoms with Crippen molar-refractivity contribution in [3.63, 3.8) is 0 Å². The molecule has 0 aromatic carbocycles. The molecule has 0 spiro atoms. The van der Waals surface area contributed by atoms with E-state index in [1.807, 2.05) is 0 Å². The summed E-state index contributed by atoms with van der Waals surface area (Å²) in [7, 11) is 0. The van der Waals surface area contributed by atoms with Gasteiger partial charge in [0.05, 0.1) is 0 Å². The number of nitrogens with zero attached hydrogens (tertiary/aromatic N) is 1. The minimum Gasteiger partial charge on any atom is -0.364 e. The Morgan fingerprint density at radius 1 is 1.70 bits per heavy atom. The number of hydrogen-bond acceptors (Lipinski definition) is 3. The second-order valence-corrected chi connectivity index (χ2v) is 1.63. The highest BCUT2D eigenvalue weighted by Crippen LogP contribution is 1.77. The fourth-order valence-corrected chi connectivity index (χ4v) is 0.527. The highest BCUT2D eigenvalue weighted by molar-refractivity contribution is 5.90. The third-order valence-corrected chi connectivity index (χ3v) is 0.941. The number of hydrogen-bond donors (Lipinski definition) is 2. The molecule has 0 aliphatic carbocycles. The number of aromatic amines is 1. The monoisotopic (exact) mass is 144 g/mol. The summed E-state index contributed by atoms with van der Waals surface area (Å²) in [6, 6.07) is 0. The second-order valence-electron chi connectivity index (χ2n) is 1.63. The summed E-state index contributed by atoms with van der Waals surface area (Å²) in [5.74, 6) is -0.818. The fraction of sp³-hybridized carbons (Fsp3) is 0. The summed E-state index contributed by atoms with van der Waals surface area (Å²) in [4.78, 5) is 26.7. The number of amides is 1. The van der Waals surface area contributed by atoms with Gasteiger partial charge in [0, 0.05) is 12.4 Å². The lowest BCUT2D eigenvalue weighted by molar-refractivity contribution is 0.0994. The predicted octanol–water partition coefficient (Wildman–Crippen LogP) is -1.13. The molecular weight excluding hydrogens is 139 g/mol. The third-order valence-electron chi connectivity index (χ3n) is 0.941. The molecule has 52 valence electrons. The average molecular weight is 144 g/mol. The zero-order chi connectivity index (χ0) is 7.56. The number of aromatic nitrogens is 2. The van der Waals surface area contributed by atoms with Crippen molar-refractivity contribution in [1.82, 2.24) is 9.97 Å². The molecule has 1 amide bonds. The molecule has 0 atom stereocenters. The summed E-state index contributed by atoms with van der Waals surface area (Å²) in [5.41, 5.74) is 3.97. The Morgan fingerprint density at radius 3 is 2.80 bits per heavy atom. The van der Waals surface area contributed by atoms with Gasteiger partial charge in [-0.3, -0.25) is 9.59 Å². The van der Waals surface area contributed by atoms with Crippen LogP contribution in [0.15, 0.2) is 17.2 Å². The van der Waals surface area contributed by atoms with Crippen LogP contribution in [-0.4, -0.2) is 15.9 Å².